The largest absolute Gasteiger partial charge is 0.395 e. The molecule has 1 aliphatic heterocycles. The van der Waals surface area contributed by atoms with E-state index in [4.69, 9.17) is 5.11 Å². The Morgan fingerprint density at radius 2 is 2.24 bits per heavy atom. The van der Waals surface area contributed by atoms with E-state index in [1.807, 2.05) is 11.0 Å². The second kappa shape index (κ2) is 8.18. The molecule has 1 aromatic heterocycles. The first-order valence-corrected chi connectivity index (χ1v) is 8.22. The lowest BCUT2D eigenvalue weighted by atomic mass is 10.2. The molecule has 4 nitrogen and oxygen atoms in total. The number of hydrogen-bond acceptors (Lipinski definition) is 4. The number of amides is 1. The smallest absolute Gasteiger partial charge is 0.219 e. The number of rotatable bonds is 3. The number of aliphatic hydroxyl groups excluding tert-OH is 1. The minimum atomic E-state index is 0.111. The van der Waals surface area contributed by atoms with Crippen molar-refractivity contribution in [3.63, 3.8) is 0 Å². The van der Waals surface area contributed by atoms with Gasteiger partial charge in [-0.15, -0.1) is 11.3 Å². The molecule has 114 valence electrons. The Balaban J connectivity index is 1.95. The number of hydrogen-bond donors (Lipinski definition) is 1. The van der Waals surface area contributed by atoms with Gasteiger partial charge in [0.05, 0.1) is 6.61 Å². The maximum absolute atomic E-state index is 11.4. The van der Waals surface area contributed by atoms with Crippen molar-refractivity contribution < 1.29 is 9.90 Å². The van der Waals surface area contributed by atoms with Gasteiger partial charge in [-0.05, 0) is 17.9 Å². The second-order valence-electron chi connectivity index (χ2n) is 5.17. The Morgan fingerprint density at radius 3 is 3.00 bits per heavy atom. The van der Waals surface area contributed by atoms with Crippen molar-refractivity contribution in [2.24, 2.45) is 0 Å². The molecule has 0 aromatic carbocycles. The first-order chi connectivity index (χ1) is 10.2. The quantitative estimate of drug-likeness (QED) is 0.862. The van der Waals surface area contributed by atoms with Crippen LogP contribution in [0.3, 0.4) is 0 Å². The van der Waals surface area contributed by atoms with Gasteiger partial charge in [0.25, 0.3) is 0 Å². The third-order valence-corrected chi connectivity index (χ3v) is 4.51. The molecule has 0 atom stereocenters. The Bertz CT molecular complexity index is 530. The zero-order valence-corrected chi connectivity index (χ0v) is 13.3. The molecular formula is C16H22N2O2S. The second-order valence-corrected chi connectivity index (χ2v) is 6.17. The zero-order chi connectivity index (χ0) is 15.1. The number of carbonyl (C=O) groups is 1. The first-order valence-electron chi connectivity index (χ1n) is 7.34. The van der Waals surface area contributed by atoms with Gasteiger partial charge in [-0.1, -0.05) is 11.8 Å². The zero-order valence-electron chi connectivity index (χ0n) is 12.5. The van der Waals surface area contributed by atoms with Crippen LogP contribution in [0, 0.1) is 11.8 Å². The van der Waals surface area contributed by atoms with E-state index in [9.17, 15) is 4.79 Å². The van der Waals surface area contributed by atoms with Crippen molar-refractivity contribution in [1.29, 1.82) is 0 Å². The van der Waals surface area contributed by atoms with Crippen LogP contribution in [0.2, 0.25) is 0 Å². The van der Waals surface area contributed by atoms with E-state index in [2.05, 4.69) is 22.1 Å². The molecule has 1 aliphatic rings. The van der Waals surface area contributed by atoms with Crippen LogP contribution in [-0.4, -0.2) is 53.6 Å². The lowest BCUT2D eigenvalue weighted by Gasteiger charge is -2.20. The van der Waals surface area contributed by atoms with Crippen molar-refractivity contribution in [2.75, 3.05) is 32.8 Å². The van der Waals surface area contributed by atoms with Crippen molar-refractivity contribution in [3.8, 4) is 11.8 Å². The lowest BCUT2D eigenvalue weighted by Crippen LogP contribution is -2.33. The topological polar surface area (TPSA) is 43.8 Å². The summed E-state index contributed by atoms with van der Waals surface area (Å²) in [5.41, 5.74) is 1.07. The molecule has 1 N–H and O–H groups in total. The standard InChI is InChI=1S/C16H22N2O2S/c1-14(20)18-8-4-7-17(9-10-18)13-16-15(6-12-21-16)5-2-3-11-19/h6,12,19H,3-4,7-11,13H2,1H3. The highest BCUT2D eigenvalue weighted by atomic mass is 32.1. The van der Waals surface area contributed by atoms with Gasteiger partial charge in [-0.2, -0.15) is 0 Å². The van der Waals surface area contributed by atoms with Crippen molar-refractivity contribution in [3.05, 3.63) is 21.9 Å². The summed E-state index contributed by atoms with van der Waals surface area (Å²) in [5, 5.41) is 10.9. The minimum absolute atomic E-state index is 0.111. The summed E-state index contributed by atoms with van der Waals surface area (Å²) >= 11 is 1.73. The van der Waals surface area contributed by atoms with Crippen LogP contribution in [0.1, 0.15) is 30.2 Å². The fourth-order valence-electron chi connectivity index (χ4n) is 2.44. The first kappa shape index (κ1) is 16.0. The van der Waals surface area contributed by atoms with Crippen LogP contribution < -0.4 is 0 Å². The molecule has 21 heavy (non-hydrogen) atoms. The van der Waals surface area contributed by atoms with Crippen LogP contribution in [-0.2, 0) is 11.3 Å². The van der Waals surface area contributed by atoms with Gasteiger partial charge in [0.1, 0.15) is 0 Å². The van der Waals surface area contributed by atoms with Gasteiger partial charge in [0, 0.05) is 56.5 Å². The Kier molecular flexibility index (Phi) is 6.24. The monoisotopic (exact) mass is 306 g/mol. The summed E-state index contributed by atoms with van der Waals surface area (Å²) < 4.78 is 0. The fourth-order valence-corrected chi connectivity index (χ4v) is 3.31. The van der Waals surface area contributed by atoms with Crippen LogP contribution in [0.5, 0.6) is 0 Å². The molecule has 0 radical (unpaired) electrons. The van der Waals surface area contributed by atoms with Crippen molar-refractivity contribution in [1.82, 2.24) is 9.80 Å². The van der Waals surface area contributed by atoms with Gasteiger partial charge in [-0.3, -0.25) is 9.69 Å². The number of thiophene rings is 1. The van der Waals surface area contributed by atoms with E-state index in [1.54, 1.807) is 18.3 Å². The van der Waals surface area contributed by atoms with E-state index in [0.29, 0.717) is 6.42 Å². The van der Waals surface area contributed by atoms with Crippen LogP contribution >= 0.6 is 11.3 Å². The third kappa shape index (κ3) is 4.85. The molecule has 2 heterocycles. The maximum atomic E-state index is 11.4. The summed E-state index contributed by atoms with van der Waals surface area (Å²) in [6, 6.07) is 2.05. The molecule has 0 spiro atoms. The molecule has 0 bridgehead atoms. The third-order valence-electron chi connectivity index (χ3n) is 3.61. The van der Waals surface area contributed by atoms with E-state index in [1.165, 1.54) is 4.88 Å². The number of aliphatic hydroxyl groups is 1. The molecule has 2 rings (SSSR count). The van der Waals surface area contributed by atoms with E-state index >= 15 is 0 Å². The highest BCUT2D eigenvalue weighted by Crippen LogP contribution is 2.19. The fraction of sp³-hybridized carbons (Fsp3) is 0.562. The van der Waals surface area contributed by atoms with Gasteiger partial charge in [0.15, 0.2) is 0 Å². The van der Waals surface area contributed by atoms with E-state index in [0.717, 1.165) is 44.7 Å². The van der Waals surface area contributed by atoms with Crippen molar-refractivity contribution in [2.45, 2.75) is 26.3 Å². The molecule has 1 aromatic rings. The van der Waals surface area contributed by atoms with Crippen LogP contribution in [0.4, 0.5) is 0 Å². The maximum Gasteiger partial charge on any atom is 0.219 e. The number of carbonyl (C=O) groups excluding carboxylic acids is 1. The Hall–Kier alpha value is -1.35. The Morgan fingerprint density at radius 1 is 1.38 bits per heavy atom. The van der Waals surface area contributed by atoms with Crippen LogP contribution in [0.15, 0.2) is 11.4 Å². The molecule has 1 saturated heterocycles. The molecule has 0 unspecified atom stereocenters. The minimum Gasteiger partial charge on any atom is -0.395 e. The number of nitrogens with zero attached hydrogens (tertiary/aromatic N) is 2. The predicted molar refractivity (Wildman–Crippen MR) is 85.0 cm³/mol. The molecule has 1 fully saturated rings. The van der Waals surface area contributed by atoms with Crippen LogP contribution in [0.25, 0.3) is 0 Å². The van der Waals surface area contributed by atoms with Gasteiger partial charge >= 0.3 is 0 Å². The molecular weight excluding hydrogens is 284 g/mol. The summed E-state index contributed by atoms with van der Waals surface area (Å²) in [5.74, 6) is 6.29. The molecule has 0 aliphatic carbocycles. The van der Waals surface area contributed by atoms with E-state index in [-0.39, 0.29) is 12.5 Å². The van der Waals surface area contributed by atoms with Crippen molar-refractivity contribution >= 4 is 17.2 Å². The summed E-state index contributed by atoms with van der Waals surface area (Å²) in [6.07, 6.45) is 1.54. The average Bonchev–Trinajstić information content (AvgIpc) is 2.75. The summed E-state index contributed by atoms with van der Waals surface area (Å²) in [4.78, 5) is 17.0. The summed E-state index contributed by atoms with van der Waals surface area (Å²) in [7, 11) is 0. The van der Waals surface area contributed by atoms with E-state index < -0.39 is 0 Å². The van der Waals surface area contributed by atoms with Gasteiger partial charge in [-0.25, -0.2) is 0 Å². The molecule has 1 amide bonds. The normalized spacial score (nSPS) is 16.2. The Labute approximate surface area is 130 Å². The lowest BCUT2D eigenvalue weighted by molar-refractivity contribution is -0.128. The highest BCUT2D eigenvalue weighted by Gasteiger charge is 2.17. The average molecular weight is 306 g/mol. The van der Waals surface area contributed by atoms with Gasteiger partial charge in [0.2, 0.25) is 5.91 Å². The highest BCUT2D eigenvalue weighted by molar-refractivity contribution is 7.10. The SMILES string of the molecule is CC(=O)N1CCCN(Cc2sccc2C#CCCO)CC1. The molecule has 0 saturated carbocycles. The summed E-state index contributed by atoms with van der Waals surface area (Å²) in [6.45, 7) is 6.26. The molecule has 5 heteroatoms. The van der Waals surface area contributed by atoms with Gasteiger partial charge < -0.3 is 10.0 Å². The predicted octanol–water partition coefficient (Wildman–Crippen LogP) is 1.54.